The summed E-state index contributed by atoms with van der Waals surface area (Å²) < 4.78 is 10.6. The Labute approximate surface area is 184 Å². The number of hydrogen-bond donors (Lipinski definition) is 1. The summed E-state index contributed by atoms with van der Waals surface area (Å²) in [6.07, 6.45) is 3.37. The minimum Gasteiger partial charge on any atom is -0.383 e. The highest BCUT2D eigenvalue weighted by Gasteiger charge is 2.53. The van der Waals surface area contributed by atoms with Crippen molar-refractivity contribution in [3.8, 4) is 0 Å². The summed E-state index contributed by atoms with van der Waals surface area (Å²) in [5.41, 5.74) is 1.000. The summed E-state index contributed by atoms with van der Waals surface area (Å²) in [6.45, 7) is 5.13. The summed E-state index contributed by atoms with van der Waals surface area (Å²) >= 11 is 0. The molecular formula is C23H34N4O4. The fourth-order valence-corrected chi connectivity index (χ4v) is 5.17. The van der Waals surface area contributed by atoms with Crippen LogP contribution in [0.4, 0.5) is 9.59 Å². The van der Waals surface area contributed by atoms with Gasteiger partial charge in [0.2, 0.25) is 0 Å². The van der Waals surface area contributed by atoms with Gasteiger partial charge in [-0.2, -0.15) is 0 Å². The van der Waals surface area contributed by atoms with E-state index in [1.807, 2.05) is 28.0 Å². The number of likely N-dealkylation sites (tertiary alicyclic amines) is 1. The molecule has 4 amide bonds. The molecule has 3 fully saturated rings. The van der Waals surface area contributed by atoms with Gasteiger partial charge in [0, 0.05) is 59.1 Å². The Morgan fingerprint density at radius 2 is 1.90 bits per heavy atom. The van der Waals surface area contributed by atoms with E-state index in [0.717, 1.165) is 37.8 Å². The minimum absolute atomic E-state index is 0.0465. The number of benzene rings is 1. The molecule has 3 aliphatic heterocycles. The Hall–Kier alpha value is -2.32. The Morgan fingerprint density at radius 3 is 2.58 bits per heavy atom. The van der Waals surface area contributed by atoms with Crippen LogP contribution in [-0.2, 0) is 16.0 Å². The van der Waals surface area contributed by atoms with E-state index in [2.05, 4.69) is 22.3 Å². The molecule has 1 N–H and O–H groups in total. The zero-order valence-corrected chi connectivity index (χ0v) is 18.4. The molecule has 0 aromatic heterocycles. The highest BCUT2D eigenvalue weighted by Crippen LogP contribution is 2.39. The van der Waals surface area contributed by atoms with E-state index in [1.165, 1.54) is 0 Å². The largest absolute Gasteiger partial charge is 0.383 e. The molecule has 8 heteroatoms. The summed E-state index contributed by atoms with van der Waals surface area (Å²) in [5.74, 6) is 0. The maximum Gasteiger partial charge on any atom is 0.321 e. The number of rotatable bonds is 6. The smallest absolute Gasteiger partial charge is 0.321 e. The van der Waals surface area contributed by atoms with Gasteiger partial charge in [-0.05, 0) is 31.2 Å². The molecule has 0 radical (unpaired) electrons. The van der Waals surface area contributed by atoms with Crippen LogP contribution in [0.5, 0.6) is 0 Å². The van der Waals surface area contributed by atoms with Gasteiger partial charge in [-0.1, -0.05) is 30.3 Å². The molecular weight excluding hydrogens is 396 g/mol. The van der Waals surface area contributed by atoms with E-state index < -0.39 is 0 Å². The quantitative estimate of drug-likeness (QED) is 0.703. The zero-order valence-electron chi connectivity index (χ0n) is 18.4. The highest BCUT2D eigenvalue weighted by atomic mass is 16.5. The van der Waals surface area contributed by atoms with Gasteiger partial charge in [-0.15, -0.1) is 0 Å². The number of ether oxygens (including phenoxy) is 2. The Balaban J connectivity index is 1.43. The lowest BCUT2D eigenvalue weighted by Crippen LogP contribution is -2.58. The number of amides is 4. The molecule has 3 aliphatic rings. The maximum absolute atomic E-state index is 13.6. The molecule has 31 heavy (non-hydrogen) atoms. The maximum atomic E-state index is 13.6. The third-order valence-electron chi connectivity index (χ3n) is 6.81. The number of piperidine rings is 1. The van der Waals surface area contributed by atoms with Crippen LogP contribution in [0.25, 0.3) is 0 Å². The van der Waals surface area contributed by atoms with Crippen LogP contribution in [0, 0.1) is 0 Å². The number of carbonyl (C=O) groups excluding carboxylic acids is 2. The van der Waals surface area contributed by atoms with Crippen LogP contribution in [0.15, 0.2) is 30.3 Å². The van der Waals surface area contributed by atoms with Crippen molar-refractivity contribution in [1.29, 1.82) is 0 Å². The lowest BCUT2D eigenvalue weighted by atomic mass is 9.86. The lowest BCUT2D eigenvalue weighted by Gasteiger charge is -2.46. The van der Waals surface area contributed by atoms with Crippen molar-refractivity contribution >= 4 is 12.1 Å². The van der Waals surface area contributed by atoms with Crippen LogP contribution < -0.4 is 5.32 Å². The molecule has 0 saturated carbocycles. The first-order chi connectivity index (χ1) is 15.1. The monoisotopic (exact) mass is 430 g/mol. The van der Waals surface area contributed by atoms with E-state index in [1.54, 1.807) is 7.11 Å². The fraction of sp³-hybridized carbons (Fsp3) is 0.652. The van der Waals surface area contributed by atoms with Crippen LogP contribution in [-0.4, -0.2) is 91.5 Å². The molecule has 4 rings (SSSR count). The lowest BCUT2D eigenvalue weighted by molar-refractivity contribution is -0.0144. The van der Waals surface area contributed by atoms with Crippen molar-refractivity contribution in [3.63, 3.8) is 0 Å². The first-order valence-electron chi connectivity index (χ1n) is 11.3. The Kier molecular flexibility index (Phi) is 6.97. The predicted molar refractivity (Wildman–Crippen MR) is 117 cm³/mol. The molecule has 0 bridgehead atoms. The van der Waals surface area contributed by atoms with E-state index >= 15 is 0 Å². The number of nitrogens with one attached hydrogen (secondary N) is 1. The molecule has 170 valence electrons. The molecule has 1 spiro atoms. The van der Waals surface area contributed by atoms with Crippen LogP contribution in [0.1, 0.15) is 31.2 Å². The van der Waals surface area contributed by atoms with Gasteiger partial charge in [0.05, 0.1) is 12.1 Å². The van der Waals surface area contributed by atoms with Crippen molar-refractivity contribution in [2.75, 3.05) is 53.1 Å². The fourth-order valence-electron chi connectivity index (χ4n) is 5.17. The normalized spacial score (nSPS) is 21.7. The van der Waals surface area contributed by atoms with Crippen LogP contribution in [0.3, 0.4) is 0 Å². The van der Waals surface area contributed by atoms with Crippen molar-refractivity contribution in [2.24, 2.45) is 0 Å². The van der Waals surface area contributed by atoms with Crippen molar-refractivity contribution in [1.82, 2.24) is 20.0 Å². The van der Waals surface area contributed by atoms with Crippen molar-refractivity contribution < 1.29 is 19.1 Å². The topological polar surface area (TPSA) is 74.4 Å². The predicted octanol–water partition coefficient (Wildman–Crippen LogP) is 2.29. The second-order valence-electron chi connectivity index (χ2n) is 8.77. The van der Waals surface area contributed by atoms with Gasteiger partial charge in [0.15, 0.2) is 0 Å². The zero-order chi connectivity index (χ0) is 21.7. The highest BCUT2D eigenvalue weighted by molar-refractivity contribution is 5.79. The first kappa shape index (κ1) is 21.9. The summed E-state index contributed by atoms with van der Waals surface area (Å²) in [5, 5.41) is 2.89. The van der Waals surface area contributed by atoms with Crippen molar-refractivity contribution in [3.05, 3.63) is 35.9 Å². The second-order valence-corrected chi connectivity index (χ2v) is 8.77. The number of methoxy groups -OCH3 is 1. The minimum atomic E-state index is -0.155. The SMILES string of the molecule is COCCNC(=O)N1CCC(N2C(=O)N(Cc3ccccc3)CC23CCOCC3)CC1. The molecule has 1 aromatic rings. The molecule has 1 aromatic carbocycles. The van der Waals surface area contributed by atoms with Crippen LogP contribution >= 0.6 is 0 Å². The Morgan fingerprint density at radius 1 is 1.19 bits per heavy atom. The number of carbonyl (C=O) groups is 2. The third kappa shape index (κ3) is 4.80. The van der Waals surface area contributed by atoms with Crippen molar-refractivity contribution in [2.45, 2.75) is 43.8 Å². The molecule has 8 nitrogen and oxygen atoms in total. The van der Waals surface area contributed by atoms with Gasteiger partial charge in [0.25, 0.3) is 0 Å². The molecule has 0 unspecified atom stereocenters. The van der Waals surface area contributed by atoms with E-state index in [4.69, 9.17) is 9.47 Å². The van der Waals surface area contributed by atoms with Gasteiger partial charge < -0.3 is 29.5 Å². The summed E-state index contributed by atoms with van der Waals surface area (Å²) in [4.78, 5) is 32.0. The van der Waals surface area contributed by atoms with E-state index in [0.29, 0.717) is 46.0 Å². The number of hydrogen-bond acceptors (Lipinski definition) is 4. The number of urea groups is 2. The summed E-state index contributed by atoms with van der Waals surface area (Å²) in [7, 11) is 1.62. The van der Waals surface area contributed by atoms with Gasteiger partial charge in [0.1, 0.15) is 0 Å². The Bertz CT molecular complexity index is 745. The third-order valence-corrected chi connectivity index (χ3v) is 6.81. The average Bonchev–Trinajstić information content (AvgIpc) is 3.05. The number of nitrogens with zero attached hydrogens (tertiary/aromatic N) is 3. The molecule has 3 saturated heterocycles. The first-order valence-corrected chi connectivity index (χ1v) is 11.3. The molecule has 0 aliphatic carbocycles. The molecule has 0 atom stereocenters. The average molecular weight is 431 g/mol. The van der Waals surface area contributed by atoms with Gasteiger partial charge >= 0.3 is 12.1 Å². The van der Waals surface area contributed by atoms with E-state index in [-0.39, 0.29) is 23.6 Å². The van der Waals surface area contributed by atoms with E-state index in [9.17, 15) is 9.59 Å². The standard InChI is InChI=1S/C23H34N4O4/c1-30-16-11-24-21(28)25-12-7-20(8-13-25)27-22(29)26(17-19-5-3-2-4-6-19)18-23(27)9-14-31-15-10-23/h2-6,20H,7-18H2,1H3,(H,24,28). The van der Waals surface area contributed by atoms with Crippen LogP contribution in [0.2, 0.25) is 0 Å². The second kappa shape index (κ2) is 9.87. The summed E-state index contributed by atoms with van der Waals surface area (Å²) in [6, 6.07) is 10.4. The molecule has 3 heterocycles. The van der Waals surface area contributed by atoms with Gasteiger partial charge in [-0.25, -0.2) is 9.59 Å². The van der Waals surface area contributed by atoms with Gasteiger partial charge in [-0.3, -0.25) is 0 Å².